The molecule has 0 aliphatic rings. The van der Waals surface area contributed by atoms with E-state index in [4.69, 9.17) is 14.2 Å². The lowest BCUT2D eigenvalue weighted by Crippen LogP contribution is -2.35. The van der Waals surface area contributed by atoms with Crippen molar-refractivity contribution in [3.05, 3.63) is 46.5 Å². The molecule has 1 aromatic carbocycles. The lowest BCUT2D eigenvalue weighted by atomic mass is 10.0. The van der Waals surface area contributed by atoms with E-state index in [1.807, 2.05) is 38.4 Å². The quantitative estimate of drug-likeness (QED) is 0.372. The van der Waals surface area contributed by atoms with E-state index in [9.17, 15) is 9.59 Å². The van der Waals surface area contributed by atoms with Gasteiger partial charge in [-0.05, 0) is 65.3 Å². The minimum Gasteiger partial charge on any atom is -0.444 e. The Balaban J connectivity index is 1.81. The first-order valence-electron chi connectivity index (χ1n) is 10.3. The molecule has 2 N–H and O–H groups in total. The SMILES string of the molecule is CC(C)(C)OC(=O)N[C@@H](Cc1c[nH]c2ccc(OC(=O)OC(C)(C)C)cc12)c1cscn1. The highest BCUT2D eigenvalue weighted by Crippen LogP contribution is 2.28. The normalized spacial score (nSPS) is 12.9. The number of amides is 1. The third-order valence-electron chi connectivity index (χ3n) is 4.25. The Morgan fingerprint density at radius 1 is 1.12 bits per heavy atom. The summed E-state index contributed by atoms with van der Waals surface area (Å²) in [6.45, 7) is 10.8. The number of fused-ring (bicyclic) bond motifs is 1. The zero-order valence-electron chi connectivity index (χ0n) is 19.1. The zero-order valence-corrected chi connectivity index (χ0v) is 20.0. The van der Waals surface area contributed by atoms with Gasteiger partial charge in [-0.3, -0.25) is 0 Å². The van der Waals surface area contributed by atoms with Crippen LogP contribution in [-0.4, -0.2) is 33.4 Å². The summed E-state index contributed by atoms with van der Waals surface area (Å²) in [5.41, 5.74) is 3.03. The number of benzene rings is 1. The average Bonchev–Trinajstić information content (AvgIpc) is 3.28. The van der Waals surface area contributed by atoms with Crippen molar-refractivity contribution in [1.82, 2.24) is 15.3 Å². The van der Waals surface area contributed by atoms with E-state index in [1.54, 1.807) is 38.4 Å². The summed E-state index contributed by atoms with van der Waals surface area (Å²) >= 11 is 1.46. The summed E-state index contributed by atoms with van der Waals surface area (Å²) < 4.78 is 16.0. The van der Waals surface area contributed by atoms with E-state index in [2.05, 4.69) is 15.3 Å². The van der Waals surface area contributed by atoms with Gasteiger partial charge in [0.2, 0.25) is 0 Å². The Morgan fingerprint density at radius 2 is 1.84 bits per heavy atom. The number of ether oxygens (including phenoxy) is 3. The van der Waals surface area contributed by atoms with E-state index in [1.165, 1.54) is 11.3 Å². The summed E-state index contributed by atoms with van der Waals surface area (Å²) in [6, 6.07) is 4.92. The van der Waals surface area contributed by atoms with Gasteiger partial charge < -0.3 is 24.5 Å². The zero-order chi connectivity index (χ0) is 23.5. The van der Waals surface area contributed by atoms with Gasteiger partial charge in [0, 0.05) is 28.9 Å². The molecule has 2 heterocycles. The van der Waals surface area contributed by atoms with E-state index < -0.39 is 23.5 Å². The molecule has 0 bridgehead atoms. The molecule has 3 rings (SSSR count). The number of hydrogen-bond acceptors (Lipinski definition) is 7. The van der Waals surface area contributed by atoms with Crippen LogP contribution >= 0.6 is 11.3 Å². The Kier molecular flexibility index (Phi) is 6.78. The van der Waals surface area contributed by atoms with Crippen LogP contribution in [0.5, 0.6) is 5.75 Å². The third kappa shape index (κ3) is 6.71. The first-order chi connectivity index (χ1) is 14.9. The minimum atomic E-state index is -0.763. The van der Waals surface area contributed by atoms with Crippen molar-refractivity contribution in [3.63, 3.8) is 0 Å². The first-order valence-corrected chi connectivity index (χ1v) is 11.2. The number of hydrogen-bond donors (Lipinski definition) is 2. The molecule has 1 atom stereocenters. The maximum atomic E-state index is 12.4. The van der Waals surface area contributed by atoms with Crippen LogP contribution in [0.2, 0.25) is 0 Å². The molecule has 32 heavy (non-hydrogen) atoms. The Hall–Kier alpha value is -3.07. The van der Waals surface area contributed by atoms with Crippen molar-refractivity contribution < 1.29 is 23.8 Å². The number of H-pyrrole nitrogens is 1. The van der Waals surface area contributed by atoms with Crippen LogP contribution in [0.25, 0.3) is 10.9 Å². The van der Waals surface area contributed by atoms with Gasteiger partial charge in [-0.25, -0.2) is 14.6 Å². The molecule has 0 aliphatic carbocycles. The Labute approximate surface area is 191 Å². The molecule has 0 radical (unpaired) electrons. The fraction of sp³-hybridized carbons (Fsp3) is 0.435. The number of nitrogens with one attached hydrogen (secondary N) is 2. The summed E-state index contributed by atoms with van der Waals surface area (Å²) in [7, 11) is 0. The lowest BCUT2D eigenvalue weighted by Gasteiger charge is -2.23. The summed E-state index contributed by atoms with van der Waals surface area (Å²) in [5, 5.41) is 5.68. The summed E-state index contributed by atoms with van der Waals surface area (Å²) in [4.78, 5) is 32.0. The maximum absolute atomic E-state index is 12.4. The number of rotatable bonds is 5. The second-order valence-electron chi connectivity index (χ2n) is 9.40. The molecule has 0 unspecified atom stereocenters. The Bertz CT molecular complexity index is 1080. The van der Waals surface area contributed by atoms with Crippen LogP contribution in [0.3, 0.4) is 0 Å². The fourth-order valence-corrected chi connectivity index (χ4v) is 3.66. The molecule has 0 spiro atoms. The summed E-state index contributed by atoms with van der Waals surface area (Å²) in [5.74, 6) is 0.373. The van der Waals surface area contributed by atoms with Gasteiger partial charge in [0.05, 0.1) is 17.2 Å². The van der Waals surface area contributed by atoms with Crippen LogP contribution in [0.1, 0.15) is 58.8 Å². The molecule has 2 aromatic heterocycles. The van der Waals surface area contributed by atoms with Crippen molar-refractivity contribution in [3.8, 4) is 5.75 Å². The predicted octanol–water partition coefficient (Wildman–Crippen LogP) is 5.75. The molecule has 0 aliphatic heterocycles. The number of aromatic nitrogens is 2. The van der Waals surface area contributed by atoms with Gasteiger partial charge in [-0.15, -0.1) is 11.3 Å². The number of nitrogens with zero attached hydrogens (tertiary/aromatic N) is 1. The van der Waals surface area contributed by atoms with E-state index >= 15 is 0 Å². The van der Waals surface area contributed by atoms with Crippen LogP contribution in [0, 0.1) is 0 Å². The van der Waals surface area contributed by atoms with Crippen molar-refractivity contribution in [2.45, 2.75) is 65.2 Å². The summed E-state index contributed by atoms with van der Waals surface area (Å²) in [6.07, 6.45) is 1.07. The van der Waals surface area contributed by atoms with Gasteiger partial charge >= 0.3 is 12.2 Å². The Morgan fingerprint density at radius 3 is 2.47 bits per heavy atom. The van der Waals surface area contributed by atoms with Crippen LogP contribution in [-0.2, 0) is 15.9 Å². The van der Waals surface area contributed by atoms with Crippen molar-refractivity contribution in [2.24, 2.45) is 0 Å². The van der Waals surface area contributed by atoms with Crippen LogP contribution in [0.15, 0.2) is 35.3 Å². The second kappa shape index (κ2) is 9.20. The van der Waals surface area contributed by atoms with Crippen molar-refractivity contribution in [2.75, 3.05) is 0 Å². The number of carbonyl (C=O) groups is 2. The van der Waals surface area contributed by atoms with Crippen LogP contribution in [0.4, 0.5) is 9.59 Å². The van der Waals surface area contributed by atoms with Crippen molar-refractivity contribution >= 4 is 34.5 Å². The van der Waals surface area contributed by atoms with Gasteiger partial charge in [-0.1, -0.05) is 0 Å². The topological polar surface area (TPSA) is 103 Å². The molecule has 172 valence electrons. The average molecular weight is 460 g/mol. The fourth-order valence-electron chi connectivity index (χ4n) is 3.05. The standard InChI is InChI=1S/C23H29N3O5S/c1-22(2,3)30-20(27)26-18(19-12-32-13-25-19)9-14-11-24-17-8-7-15(10-16(14)17)29-21(28)31-23(4,5)6/h7-8,10-13,18,24H,9H2,1-6H3,(H,26,27)/t18-/m0/s1. The molecule has 3 aromatic rings. The smallest absolute Gasteiger partial charge is 0.444 e. The molecule has 0 saturated heterocycles. The highest BCUT2D eigenvalue weighted by molar-refractivity contribution is 7.07. The van der Waals surface area contributed by atoms with E-state index in [-0.39, 0.29) is 6.04 Å². The maximum Gasteiger partial charge on any atom is 0.514 e. The highest BCUT2D eigenvalue weighted by Gasteiger charge is 2.23. The second-order valence-corrected chi connectivity index (χ2v) is 10.1. The third-order valence-corrected chi connectivity index (χ3v) is 4.86. The number of thiazole rings is 1. The van der Waals surface area contributed by atoms with Crippen molar-refractivity contribution in [1.29, 1.82) is 0 Å². The number of alkyl carbamates (subject to hydrolysis) is 1. The van der Waals surface area contributed by atoms with Gasteiger partial charge in [0.15, 0.2) is 0 Å². The highest BCUT2D eigenvalue weighted by atomic mass is 32.1. The molecule has 8 nitrogen and oxygen atoms in total. The molecular weight excluding hydrogens is 430 g/mol. The first kappa shape index (κ1) is 23.6. The minimum absolute atomic E-state index is 0.373. The lowest BCUT2D eigenvalue weighted by molar-refractivity contribution is 0.0206. The molecular formula is C23H29N3O5S. The molecule has 9 heteroatoms. The molecule has 0 fully saturated rings. The molecule has 0 saturated carbocycles. The van der Waals surface area contributed by atoms with E-state index in [0.29, 0.717) is 12.2 Å². The largest absolute Gasteiger partial charge is 0.514 e. The van der Waals surface area contributed by atoms with E-state index in [0.717, 1.165) is 22.2 Å². The van der Waals surface area contributed by atoms with Gasteiger partial charge in [-0.2, -0.15) is 0 Å². The van der Waals surface area contributed by atoms with Gasteiger partial charge in [0.1, 0.15) is 17.0 Å². The van der Waals surface area contributed by atoms with Crippen LogP contribution < -0.4 is 10.1 Å². The monoisotopic (exact) mass is 459 g/mol. The molecule has 1 amide bonds. The predicted molar refractivity (Wildman–Crippen MR) is 123 cm³/mol. The number of carbonyl (C=O) groups excluding carboxylic acids is 2. The number of aromatic amines is 1. The van der Waals surface area contributed by atoms with Gasteiger partial charge in [0.25, 0.3) is 0 Å².